The van der Waals surface area contributed by atoms with Crippen LogP contribution in [0.15, 0.2) is 41.3 Å². The molecule has 4 heterocycles. The van der Waals surface area contributed by atoms with Gasteiger partial charge in [0, 0.05) is 11.4 Å². The first-order chi connectivity index (χ1) is 18.1. The van der Waals surface area contributed by atoms with Crippen molar-refractivity contribution >= 4 is 67.3 Å². The molecule has 1 aliphatic heterocycles. The number of carboxylic acid groups (broad SMARTS) is 1. The Morgan fingerprint density at radius 1 is 1.24 bits per heavy atom. The van der Waals surface area contributed by atoms with E-state index in [9.17, 15) is 19.5 Å². The van der Waals surface area contributed by atoms with Crippen LogP contribution in [-0.4, -0.2) is 59.4 Å². The number of nitrogens with two attached hydrogens (primary N) is 1. The van der Waals surface area contributed by atoms with E-state index in [1.54, 1.807) is 40.7 Å². The summed E-state index contributed by atoms with van der Waals surface area (Å²) < 4.78 is 2.34. The number of piperidine rings is 1. The molecule has 4 aromatic rings. The minimum atomic E-state index is -1.07. The maximum atomic E-state index is 13.9. The van der Waals surface area contributed by atoms with Crippen molar-refractivity contribution < 1.29 is 19.5 Å². The molecule has 1 aromatic carbocycles. The molecule has 38 heavy (non-hydrogen) atoms. The molecule has 0 radical (unpaired) electrons. The number of hydrogen-bond donors (Lipinski definition) is 3. The molecule has 0 spiro atoms. The number of nitrogen functional groups attached to an aromatic ring is 1. The number of benzene rings is 1. The third-order valence-corrected chi connectivity index (χ3v) is 8.13. The van der Waals surface area contributed by atoms with Gasteiger partial charge in [0.15, 0.2) is 0 Å². The molecular formula is C26H24BrN7O4. The van der Waals surface area contributed by atoms with E-state index in [1.807, 2.05) is 0 Å². The van der Waals surface area contributed by atoms with E-state index >= 15 is 0 Å². The minimum absolute atomic E-state index is 0.0336. The van der Waals surface area contributed by atoms with Crippen LogP contribution in [0.25, 0.3) is 21.9 Å². The third kappa shape index (κ3) is 3.78. The quantitative estimate of drug-likeness (QED) is 0.305. The molecule has 11 nitrogen and oxygen atoms in total. The molecule has 1 aliphatic carbocycles. The summed E-state index contributed by atoms with van der Waals surface area (Å²) in [6.45, 7) is 3.79. The molecule has 1 unspecified atom stereocenters. The number of likely N-dealkylation sites (tertiary alicyclic amines) is 1. The predicted octanol–water partition coefficient (Wildman–Crippen LogP) is 3.35. The Balaban J connectivity index is 1.38. The van der Waals surface area contributed by atoms with Crippen LogP contribution in [0.2, 0.25) is 0 Å². The fourth-order valence-electron chi connectivity index (χ4n) is 5.83. The summed E-state index contributed by atoms with van der Waals surface area (Å²) in [4.78, 5) is 53.4. The van der Waals surface area contributed by atoms with Crippen molar-refractivity contribution in [2.75, 3.05) is 11.1 Å². The lowest BCUT2D eigenvalue weighted by atomic mass is 10.0. The highest BCUT2D eigenvalue weighted by Crippen LogP contribution is 2.59. The molecule has 4 N–H and O–H groups in total. The van der Waals surface area contributed by atoms with Crippen molar-refractivity contribution in [1.82, 2.24) is 24.4 Å². The molecule has 3 atom stereocenters. The lowest BCUT2D eigenvalue weighted by Gasteiger charge is -2.27. The molecule has 2 amide bonds. The number of aromatic nitrogens is 4. The van der Waals surface area contributed by atoms with Gasteiger partial charge in [-0.05, 0) is 70.9 Å². The van der Waals surface area contributed by atoms with Gasteiger partial charge in [-0.3, -0.25) is 9.59 Å². The van der Waals surface area contributed by atoms with Crippen LogP contribution in [0.5, 0.6) is 0 Å². The highest BCUT2D eigenvalue weighted by atomic mass is 79.9. The van der Waals surface area contributed by atoms with Gasteiger partial charge < -0.3 is 25.6 Å². The van der Waals surface area contributed by atoms with Crippen LogP contribution in [-0.2, 0) is 16.1 Å². The summed E-state index contributed by atoms with van der Waals surface area (Å²) in [5.74, 6) is -0.976. The van der Waals surface area contributed by atoms with E-state index in [2.05, 4.69) is 43.1 Å². The number of hydrogen-bond acceptors (Lipinski definition) is 7. The topological polar surface area (TPSA) is 156 Å². The van der Waals surface area contributed by atoms with E-state index in [-0.39, 0.29) is 41.2 Å². The molecule has 0 bridgehead atoms. The summed E-state index contributed by atoms with van der Waals surface area (Å²) in [6, 6.07) is 7.65. The molecule has 3 aromatic heterocycles. The predicted molar refractivity (Wildman–Crippen MR) is 143 cm³/mol. The van der Waals surface area contributed by atoms with Crippen molar-refractivity contribution in [2.24, 2.45) is 5.41 Å². The molecule has 2 aliphatic rings. The molecule has 12 heteroatoms. The number of carbonyl (C=O) groups is 3. The van der Waals surface area contributed by atoms with Gasteiger partial charge >= 0.3 is 5.97 Å². The highest BCUT2D eigenvalue weighted by Gasteiger charge is 2.64. The summed E-state index contributed by atoms with van der Waals surface area (Å²) in [5.41, 5.74) is 7.94. The normalized spacial score (nSPS) is 22.0. The Kier molecular flexibility index (Phi) is 5.42. The summed E-state index contributed by atoms with van der Waals surface area (Å²) >= 11 is 3.31. The van der Waals surface area contributed by atoms with E-state index < -0.39 is 12.0 Å². The first-order valence-corrected chi connectivity index (χ1v) is 12.9. The smallest absolute Gasteiger partial charge is 0.335 e. The van der Waals surface area contributed by atoms with Crippen LogP contribution in [0, 0.1) is 12.3 Å². The molecule has 1 saturated heterocycles. The number of nitrogens with one attached hydrogen (secondary N) is 1. The average molecular weight is 578 g/mol. The lowest BCUT2D eigenvalue weighted by Crippen LogP contribution is -2.46. The van der Waals surface area contributed by atoms with E-state index in [0.717, 1.165) is 6.42 Å². The maximum absolute atomic E-state index is 13.9. The van der Waals surface area contributed by atoms with Gasteiger partial charge in [0.2, 0.25) is 11.8 Å². The van der Waals surface area contributed by atoms with Crippen LogP contribution < -0.4 is 11.1 Å². The number of nitrogens with zero attached hydrogens (tertiary/aromatic N) is 5. The van der Waals surface area contributed by atoms with Crippen molar-refractivity contribution in [1.29, 1.82) is 0 Å². The van der Waals surface area contributed by atoms with Crippen LogP contribution in [0.4, 0.5) is 11.6 Å². The Hall–Kier alpha value is -4.06. The highest BCUT2D eigenvalue weighted by molar-refractivity contribution is 9.10. The number of aromatic carboxylic acids is 1. The van der Waals surface area contributed by atoms with E-state index in [4.69, 9.17) is 5.73 Å². The zero-order valence-electron chi connectivity index (χ0n) is 20.6. The van der Waals surface area contributed by atoms with Crippen LogP contribution >= 0.6 is 15.9 Å². The second-order valence-electron chi connectivity index (χ2n) is 10.3. The SMILES string of the molecule is Cc1cc(C(=O)O)cc2c3c(N)ncnc3n(CC(=O)N3C4C[C@]4(C)C[C@H]3C(=O)Nc3cccc(Br)n3)c12. The fourth-order valence-corrected chi connectivity index (χ4v) is 6.17. The lowest BCUT2D eigenvalue weighted by molar-refractivity contribution is -0.138. The zero-order chi connectivity index (χ0) is 26.9. The number of carbonyl (C=O) groups excluding carboxylic acids is 2. The first-order valence-electron chi connectivity index (χ1n) is 12.1. The minimum Gasteiger partial charge on any atom is -0.478 e. The Morgan fingerprint density at radius 3 is 2.76 bits per heavy atom. The maximum Gasteiger partial charge on any atom is 0.335 e. The summed E-state index contributed by atoms with van der Waals surface area (Å²) in [7, 11) is 0. The number of pyridine rings is 1. The van der Waals surface area contributed by atoms with Gasteiger partial charge in [-0.1, -0.05) is 13.0 Å². The number of rotatable bonds is 5. The fraction of sp³-hybridized carbons (Fsp3) is 0.308. The van der Waals surface area contributed by atoms with Gasteiger partial charge in [0.1, 0.15) is 40.8 Å². The van der Waals surface area contributed by atoms with Gasteiger partial charge in [-0.2, -0.15) is 0 Å². The Bertz CT molecular complexity index is 1690. The van der Waals surface area contributed by atoms with Crippen molar-refractivity contribution in [2.45, 2.75) is 45.3 Å². The van der Waals surface area contributed by atoms with Crippen molar-refractivity contribution in [3.05, 3.63) is 52.4 Å². The molecule has 6 rings (SSSR count). The molecule has 194 valence electrons. The Morgan fingerprint density at radius 2 is 2.03 bits per heavy atom. The van der Waals surface area contributed by atoms with E-state index in [0.29, 0.717) is 44.3 Å². The van der Waals surface area contributed by atoms with Crippen LogP contribution in [0.3, 0.4) is 0 Å². The number of fused-ring (bicyclic) bond motifs is 4. The number of amides is 2. The van der Waals surface area contributed by atoms with Crippen molar-refractivity contribution in [3.8, 4) is 0 Å². The second kappa shape index (κ2) is 8.48. The zero-order valence-corrected chi connectivity index (χ0v) is 22.2. The first kappa shape index (κ1) is 24.3. The Labute approximate surface area is 225 Å². The standard InChI is InChI=1S/C26H24BrN7O4/c1-12-6-13(25(37)38)7-14-20-22(28)29-11-30-23(20)33(21(12)14)10-19(35)34-15(8-26(2)9-16(26)34)24(36)32-18-5-3-4-17(27)31-18/h3-7,11,15-16H,8-10H2,1-2H3,(H,37,38)(H2,28,29,30)(H,31,32,36)/t15-,16?,26-/m0/s1. The van der Waals surface area contributed by atoms with Gasteiger partial charge in [0.25, 0.3) is 0 Å². The summed E-state index contributed by atoms with van der Waals surface area (Å²) in [6.07, 6.45) is 2.72. The van der Waals surface area contributed by atoms with Gasteiger partial charge in [-0.15, -0.1) is 0 Å². The second-order valence-corrected chi connectivity index (χ2v) is 11.1. The number of carboxylic acids is 1. The monoisotopic (exact) mass is 577 g/mol. The largest absolute Gasteiger partial charge is 0.478 e. The third-order valence-electron chi connectivity index (χ3n) is 7.68. The number of anilines is 2. The van der Waals surface area contributed by atoms with Crippen LogP contribution in [0.1, 0.15) is 35.7 Å². The molecule has 1 saturated carbocycles. The number of aryl methyl sites for hydroxylation is 1. The van der Waals surface area contributed by atoms with Gasteiger partial charge in [-0.25, -0.2) is 19.7 Å². The number of halogens is 1. The van der Waals surface area contributed by atoms with Crippen molar-refractivity contribution in [3.63, 3.8) is 0 Å². The average Bonchev–Trinajstić information content (AvgIpc) is 3.25. The van der Waals surface area contributed by atoms with Gasteiger partial charge in [0.05, 0.1) is 16.5 Å². The molecule has 2 fully saturated rings. The van der Waals surface area contributed by atoms with E-state index in [1.165, 1.54) is 12.4 Å². The molecular weight excluding hydrogens is 554 g/mol. The summed E-state index contributed by atoms with van der Waals surface area (Å²) in [5, 5.41) is 13.5.